The fraction of sp³-hybridized carbons (Fsp3) is 0.542. The van der Waals surface area contributed by atoms with E-state index in [1.165, 1.54) is 11.3 Å². The molecule has 9 nitrogen and oxygen atoms in total. The van der Waals surface area contributed by atoms with Gasteiger partial charge in [-0.05, 0) is 26.0 Å². The highest BCUT2D eigenvalue weighted by Crippen LogP contribution is 2.29. The van der Waals surface area contributed by atoms with E-state index in [1.54, 1.807) is 12.4 Å². The Hall–Kier alpha value is -2.69. The molecule has 0 radical (unpaired) electrons. The van der Waals surface area contributed by atoms with Crippen molar-refractivity contribution in [2.24, 2.45) is 0 Å². The molecule has 1 saturated heterocycles. The Morgan fingerprint density at radius 1 is 1.03 bits per heavy atom. The third-order valence-corrected chi connectivity index (χ3v) is 6.84. The van der Waals surface area contributed by atoms with Crippen LogP contribution in [-0.4, -0.2) is 73.5 Å². The Bertz CT molecular complexity index is 1020. The summed E-state index contributed by atoms with van der Waals surface area (Å²) >= 11 is 1.50. The number of likely N-dealkylation sites (N-methyl/N-ethyl adjacent to an activating group) is 1. The van der Waals surface area contributed by atoms with E-state index in [1.807, 2.05) is 18.5 Å². The van der Waals surface area contributed by atoms with Crippen LogP contribution in [0.15, 0.2) is 30.9 Å². The number of nitrogens with zero attached hydrogens (tertiary/aromatic N) is 7. The van der Waals surface area contributed by atoms with E-state index >= 15 is 0 Å². The lowest BCUT2D eigenvalue weighted by Gasteiger charge is -2.33. The van der Waals surface area contributed by atoms with Crippen molar-refractivity contribution >= 4 is 22.4 Å². The largest absolute Gasteiger partial charge is 0.460 e. The molecule has 1 fully saturated rings. The Balaban J connectivity index is 1.32. The first-order valence-corrected chi connectivity index (χ1v) is 12.9. The summed E-state index contributed by atoms with van der Waals surface area (Å²) < 4.78 is 5.88. The maximum atomic E-state index is 5.88. The Kier molecular flexibility index (Phi) is 8.73. The Morgan fingerprint density at radius 3 is 2.53 bits per heavy atom. The van der Waals surface area contributed by atoms with E-state index in [9.17, 15) is 0 Å². The molecule has 0 aromatic carbocycles. The molecule has 0 saturated carbocycles. The van der Waals surface area contributed by atoms with Gasteiger partial charge in [-0.15, -0.1) is 0 Å². The van der Waals surface area contributed by atoms with Gasteiger partial charge in [0.05, 0.1) is 16.7 Å². The second-order valence-electron chi connectivity index (χ2n) is 8.58. The van der Waals surface area contributed by atoms with Crippen LogP contribution in [0.3, 0.4) is 0 Å². The number of hydrogen-bond acceptors (Lipinski definition) is 10. The number of unbranched alkanes of at least 4 members (excludes halogenated alkanes) is 1. The number of thiazole rings is 1. The number of piperazine rings is 1. The van der Waals surface area contributed by atoms with Crippen molar-refractivity contribution in [3.63, 3.8) is 0 Å². The predicted molar refractivity (Wildman–Crippen MR) is 135 cm³/mol. The van der Waals surface area contributed by atoms with E-state index in [2.05, 4.69) is 60.8 Å². The second-order valence-corrected chi connectivity index (χ2v) is 9.61. The number of rotatable bonds is 11. The van der Waals surface area contributed by atoms with Gasteiger partial charge in [-0.3, -0.25) is 4.90 Å². The molecule has 4 heterocycles. The van der Waals surface area contributed by atoms with E-state index in [0.717, 1.165) is 79.8 Å². The van der Waals surface area contributed by atoms with Crippen LogP contribution >= 0.6 is 11.3 Å². The molecule has 1 atom stereocenters. The Labute approximate surface area is 205 Å². The van der Waals surface area contributed by atoms with Gasteiger partial charge in [0, 0.05) is 63.1 Å². The fourth-order valence-corrected chi connectivity index (χ4v) is 4.61. The van der Waals surface area contributed by atoms with Gasteiger partial charge >= 0.3 is 6.01 Å². The first-order chi connectivity index (χ1) is 16.6. The minimum Gasteiger partial charge on any atom is -0.460 e. The van der Waals surface area contributed by atoms with Gasteiger partial charge in [-0.25, -0.2) is 19.9 Å². The van der Waals surface area contributed by atoms with Gasteiger partial charge in [0.15, 0.2) is 5.13 Å². The number of nitrogens with one attached hydrogen (secondary N) is 1. The lowest BCUT2D eigenvalue weighted by atomic mass is 10.2. The summed E-state index contributed by atoms with van der Waals surface area (Å²) in [4.78, 5) is 28.1. The van der Waals surface area contributed by atoms with Crippen molar-refractivity contribution in [1.82, 2.24) is 34.7 Å². The minimum absolute atomic E-state index is 0.0926. The quantitative estimate of drug-likeness (QED) is 0.431. The SMILES string of the molecule is CCCCC(C)Oc1nccc(-c2cnc(Nc3ncc(CN4CCN(CC)CC4)cn3)s2)n1. The van der Waals surface area contributed by atoms with E-state index in [4.69, 9.17) is 4.74 Å². The van der Waals surface area contributed by atoms with Crippen LogP contribution < -0.4 is 10.1 Å². The van der Waals surface area contributed by atoms with Gasteiger partial charge in [-0.2, -0.15) is 4.98 Å². The number of aromatic nitrogens is 5. The fourth-order valence-electron chi connectivity index (χ4n) is 3.83. The van der Waals surface area contributed by atoms with Crippen molar-refractivity contribution in [2.75, 3.05) is 38.0 Å². The molecular weight excluding hydrogens is 448 g/mol. The van der Waals surface area contributed by atoms with Crippen molar-refractivity contribution in [3.05, 3.63) is 36.4 Å². The van der Waals surface area contributed by atoms with Gasteiger partial charge in [0.2, 0.25) is 5.95 Å². The van der Waals surface area contributed by atoms with Crippen molar-refractivity contribution in [2.45, 2.75) is 52.7 Å². The van der Waals surface area contributed by atoms with Gasteiger partial charge in [0.25, 0.3) is 0 Å². The van der Waals surface area contributed by atoms with Crippen LogP contribution in [0, 0.1) is 0 Å². The summed E-state index contributed by atoms with van der Waals surface area (Å²) in [6.45, 7) is 12.9. The molecule has 1 aliphatic rings. The summed E-state index contributed by atoms with van der Waals surface area (Å²) in [6, 6.07) is 2.27. The molecule has 1 N–H and O–H groups in total. The number of anilines is 2. The highest BCUT2D eigenvalue weighted by molar-refractivity contribution is 7.18. The minimum atomic E-state index is 0.0926. The smallest absolute Gasteiger partial charge is 0.317 e. The molecule has 1 unspecified atom stereocenters. The zero-order valence-electron chi connectivity index (χ0n) is 20.3. The van der Waals surface area contributed by atoms with Crippen LogP contribution in [0.5, 0.6) is 6.01 Å². The number of hydrogen-bond donors (Lipinski definition) is 1. The maximum absolute atomic E-state index is 5.88. The van der Waals surface area contributed by atoms with Gasteiger partial charge < -0.3 is 15.0 Å². The summed E-state index contributed by atoms with van der Waals surface area (Å²) in [6.07, 6.45) is 10.7. The second kappa shape index (κ2) is 12.1. The molecule has 0 bridgehead atoms. The topological polar surface area (TPSA) is 92.2 Å². The van der Waals surface area contributed by atoms with E-state index in [-0.39, 0.29) is 6.10 Å². The lowest BCUT2D eigenvalue weighted by Crippen LogP contribution is -2.45. The maximum Gasteiger partial charge on any atom is 0.317 e. The molecular formula is C24H34N8OS. The van der Waals surface area contributed by atoms with Gasteiger partial charge in [0.1, 0.15) is 0 Å². The van der Waals surface area contributed by atoms with Crippen LogP contribution in [0.1, 0.15) is 45.6 Å². The van der Waals surface area contributed by atoms with Crippen LogP contribution in [-0.2, 0) is 6.54 Å². The molecule has 182 valence electrons. The molecule has 3 aromatic rings. The molecule has 0 spiro atoms. The molecule has 34 heavy (non-hydrogen) atoms. The molecule has 0 amide bonds. The summed E-state index contributed by atoms with van der Waals surface area (Å²) in [5.41, 5.74) is 1.91. The molecule has 0 aliphatic carbocycles. The van der Waals surface area contributed by atoms with Gasteiger partial charge in [-0.1, -0.05) is 38.0 Å². The zero-order chi connectivity index (χ0) is 23.8. The monoisotopic (exact) mass is 482 g/mol. The summed E-state index contributed by atoms with van der Waals surface area (Å²) in [7, 11) is 0. The normalized spacial score (nSPS) is 15.9. The van der Waals surface area contributed by atoms with Crippen molar-refractivity contribution in [1.29, 1.82) is 0 Å². The standard InChI is InChI=1S/C24H34N8OS/c1-4-6-7-18(3)33-23-25-9-8-20(29-23)21-16-28-24(34-21)30-22-26-14-19(15-27-22)17-32-12-10-31(5-2)11-13-32/h8-9,14-16,18H,4-7,10-13,17H2,1-3H3,(H,26,27,28,30). The molecule has 3 aromatic heterocycles. The summed E-state index contributed by atoms with van der Waals surface area (Å²) in [5.74, 6) is 0.539. The Morgan fingerprint density at radius 2 is 1.79 bits per heavy atom. The average molecular weight is 483 g/mol. The average Bonchev–Trinajstić information content (AvgIpc) is 3.33. The van der Waals surface area contributed by atoms with E-state index in [0.29, 0.717) is 12.0 Å². The van der Waals surface area contributed by atoms with Crippen LogP contribution in [0.4, 0.5) is 11.1 Å². The number of ether oxygens (including phenoxy) is 1. The third-order valence-electron chi connectivity index (χ3n) is 5.90. The molecule has 4 rings (SSSR count). The first kappa shape index (κ1) is 24.4. The predicted octanol–water partition coefficient (Wildman–Crippen LogP) is 4.23. The van der Waals surface area contributed by atoms with Crippen LogP contribution in [0.25, 0.3) is 10.6 Å². The molecule has 10 heteroatoms. The zero-order valence-corrected chi connectivity index (χ0v) is 21.1. The molecule has 1 aliphatic heterocycles. The van der Waals surface area contributed by atoms with E-state index < -0.39 is 0 Å². The highest BCUT2D eigenvalue weighted by Gasteiger charge is 2.16. The van der Waals surface area contributed by atoms with Crippen molar-refractivity contribution in [3.8, 4) is 16.6 Å². The first-order valence-electron chi connectivity index (χ1n) is 12.1. The third kappa shape index (κ3) is 6.91. The van der Waals surface area contributed by atoms with Crippen molar-refractivity contribution < 1.29 is 4.74 Å². The summed E-state index contributed by atoms with van der Waals surface area (Å²) in [5, 5.41) is 3.92. The lowest BCUT2D eigenvalue weighted by molar-refractivity contribution is 0.132. The highest BCUT2D eigenvalue weighted by atomic mass is 32.1. The van der Waals surface area contributed by atoms with Crippen LogP contribution in [0.2, 0.25) is 0 Å².